The van der Waals surface area contributed by atoms with E-state index in [1.807, 2.05) is 0 Å². The number of rotatable bonds is 7. The number of hydrogen-bond donors (Lipinski definition) is 2. The van der Waals surface area contributed by atoms with Crippen LogP contribution in [0.5, 0.6) is 0 Å². The fraction of sp³-hybridized carbons (Fsp3) is 1.00. The number of nitrogens with one attached hydrogen (secondary N) is 1. The molecule has 0 unspecified atom stereocenters. The minimum absolute atomic E-state index is 0.419. The Morgan fingerprint density at radius 3 is 2.29 bits per heavy atom. The zero-order chi connectivity index (χ0) is 12.6. The Labute approximate surface area is 107 Å². The molecule has 0 aliphatic heterocycles. The van der Waals surface area contributed by atoms with Crippen LogP contribution < -0.4 is 5.32 Å². The van der Waals surface area contributed by atoms with E-state index >= 15 is 0 Å². The Balaban J connectivity index is 2.04. The third-order valence-corrected chi connectivity index (χ3v) is 3.70. The topological polar surface area (TPSA) is 35.5 Å². The number of nitrogens with zero attached hydrogens (tertiary/aromatic N) is 1. The van der Waals surface area contributed by atoms with E-state index in [0.717, 1.165) is 32.5 Å². The zero-order valence-electron chi connectivity index (χ0n) is 11.7. The van der Waals surface area contributed by atoms with Crippen LogP contribution in [0, 0.1) is 0 Å². The fourth-order valence-electron chi connectivity index (χ4n) is 2.56. The molecule has 0 aromatic carbocycles. The van der Waals surface area contributed by atoms with Crippen LogP contribution >= 0.6 is 0 Å². The molecule has 0 aromatic rings. The van der Waals surface area contributed by atoms with Gasteiger partial charge in [-0.3, -0.25) is 0 Å². The molecule has 0 saturated heterocycles. The van der Waals surface area contributed by atoms with Gasteiger partial charge in [-0.15, -0.1) is 0 Å². The van der Waals surface area contributed by atoms with Crippen LogP contribution in [-0.2, 0) is 0 Å². The molecule has 3 heteroatoms. The average molecular weight is 242 g/mol. The lowest BCUT2D eigenvalue weighted by Gasteiger charge is -2.27. The summed E-state index contributed by atoms with van der Waals surface area (Å²) >= 11 is 0. The van der Waals surface area contributed by atoms with Crippen LogP contribution in [0.25, 0.3) is 0 Å². The molecule has 0 atom stereocenters. The lowest BCUT2D eigenvalue weighted by molar-refractivity contribution is 0.0254. The molecule has 17 heavy (non-hydrogen) atoms. The van der Waals surface area contributed by atoms with Crippen molar-refractivity contribution in [2.45, 2.75) is 57.0 Å². The number of hydrogen-bond acceptors (Lipinski definition) is 3. The van der Waals surface area contributed by atoms with E-state index in [9.17, 15) is 5.11 Å². The first kappa shape index (κ1) is 14.9. The van der Waals surface area contributed by atoms with Gasteiger partial charge in [0.1, 0.15) is 0 Å². The van der Waals surface area contributed by atoms with E-state index in [-0.39, 0.29) is 0 Å². The van der Waals surface area contributed by atoms with Crippen molar-refractivity contribution in [1.82, 2.24) is 10.2 Å². The van der Waals surface area contributed by atoms with Gasteiger partial charge in [0.05, 0.1) is 5.60 Å². The molecule has 3 nitrogen and oxygen atoms in total. The van der Waals surface area contributed by atoms with Gasteiger partial charge in [0, 0.05) is 6.54 Å². The van der Waals surface area contributed by atoms with E-state index < -0.39 is 5.60 Å². The molecule has 0 bridgehead atoms. The van der Waals surface area contributed by atoms with Crippen LogP contribution in [0.2, 0.25) is 0 Å². The van der Waals surface area contributed by atoms with E-state index in [4.69, 9.17) is 0 Å². The maximum absolute atomic E-state index is 10.4. The summed E-state index contributed by atoms with van der Waals surface area (Å²) in [5.41, 5.74) is -0.419. The van der Waals surface area contributed by atoms with Gasteiger partial charge in [0.2, 0.25) is 0 Å². The van der Waals surface area contributed by atoms with Crippen molar-refractivity contribution in [3.63, 3.8) is 0 Å². The van der Waals surface area contributed by atoms with Gasteiger partial charge in [-0.1, -0.05) is 25.7 Å². The summed E-state index contributed by atoms with van der Waals surface area (Å²) in [5.74, 6) is 0. The summed E-state index contributed by atoms with van der Waals surface area (Å²) in [6, 6.07) is 0. The van der Waals surface area contributed by atoms with Crippen LogP contribution in [0.4, 0.5) is 0 Å². The predicted octanol–water partition coefficient (Wildman–Crippen LogP) is 2.00. The Bertz CT molecular complexity index is 187. The second-order valence-electron chi connectivity index (χ2n) is 5.83. The standard InChI is InChI=1S/C14H30N2O/c1-16(2)12-8-7-11-15-13-14(17)9-5-3-4-6-10-14/h15,17H,3-13H2,1-2H3. The molecule has 1 aliphatic carbocycles. The van der Waals surface area contributed by atoms with Crippen molar-refractivity contribution in [3.8, 4) is 0 Å². The molecule has 0 amide bonds. The smallest absolute Gasteiger partial charge is 0.0771 e. The van der Waals surface area contributed by atoms with Crippen LogP contribution in [0.15, 0.2) is 0 Å². The minimum Gasteiger partial charge on any atom is -0.389 e. The van der Waals surface area contributed by atoms with Crippen molar-refractivity contribution in [1.29, 1.82) is 0 Å². The summed E-state index contributed by atoms with van der Waals surface area (Å²) < 4.78 is 0. The SMILES string of the molecule is CN(C)CCCCNCC1(O)CCCCCC1. The van der Waals surface area contributed by atoms with Gasteiger partial charge in [-0.2, -0.15) is 0 Å². The molecule has 1 fully saturated rings. The first-order valence-corrected chi connectivity index (χ1v) is 7.20. The molecule has 1 rings (SSSR count). The predicted molar refractivity (Wildman–Crippen MR) is 73.3 cm³/mol. The summed E-state index contributed by atoms with van der Waals surface area (Å²) in [4.78, 5) is 2.22. The van der Waals surface area contributed by atoms with E-state index in [1.54, 1.807) is 0 Å². The second-order valence-corrected chi connectivity index (χ2v) is 5.83. The van der Waals surface area contributed by atoms with Gasteiger partial charge in [0.25, 0.3) is 0 Å². The largest absolute Gasteiger partial charge is 0.389 e. The monoisotopic (exact) mass is 242 g/mol. The molecule has 1 aliphatic rings. The highest BCUT2D eigenvalue weighted by atomic mass is 16.3. The summed E-state index contributed by atoms with van der Waals surface area (Å²) in [6.07, 6.45) is 9.38. The van der Waals surface area contributed by atoms with E-state index in [0.29, 0.717) is 0 Å². The zero-order valence-corrected chi connectivity index (χ0v) is 11.7. The third kappa shape index (κ3) is 7.02. The van der Waals surface area contributed by atoms with Crippen LogP contribution in [0.3, 0.4) is 0 Å². The van der Waals surface area contributed by atoms with Crippen molar-refractivity contribution in [2.24, 2.45) is 0 Å². The molecule has 0 radical (unpaired) electrons. The van der Waals surface area contributed by atoms with Gasteiger partial charge in [0.15, 0.2) is 0 Å². The Morgan fingerprint density at radius 1 is 1.06 bits per heavy atom. The number of unbranched alkanes of at least 4 members (excludes halogenated alkanes) is 1. The van der Waals surface area contributed by atoms with Crippen molar-refractivity contribution in [3.05, 3.63) is 0 Å². The molecular weight excluding hydrogens is 212 g/mol. The summed E-state index contributed by atoms with van der Waals surface area (Å²) in [5, 5.41) is 13.9. The van der Waals surface area contributed by atoms with Crippen molar-refractivity contribution >= 4 is 0 Å². The summed E-state index contributed by atoms with van der Waals surface area (Å²) in [6.45, 7) is 2.98. The molecule has 0 aromatic heterocycles. The normalized spacial score (nSPS) is 20.5. The van der Waals surface area contributed by atoms with Crippen LogP contribution in [-0.4, -0.2) is 49.3 Å². The highest BCUT2D eigenvalue weighted by Gasteiger charge is 2.26. The highest BCUT2D eigenvalue weighted by Crippen LogP contribution is 2.26. The van der Waals surface area contributed by atoms with E-state index in [2.05, 4.69) is 24.3 Å². The van der Waals surface area contributed by atoms with Gasteiger partial charge >= 0.3 is 0 Å². The first-order chi connectivity index (χ1) is 8.12. The molecule has 102 valence electrons. The van der Waals surface area contributed by atoms with E-state index in [1.165, 1.54) is 38.5 Å². The molecule has 0 heterocycles. The Hall–Kier alpha value is -0.120. The maximum atomic E-state index is 10.4. The van der Waals surface area contributed by atoms with Crippen molar-refractivity contribution in [2.75, 3.05) is 33.7 Å². The maximum Gasteiger partial charge on any atom is 0.0771 e. The summed E-state index contributed by atoms with van der Waals surface area (Å²) in [7, 11) is 4.23. The molecule has 2 N–H and O–H groups in total. The Morgan fingerprint density at radius 2 is 1.71 bits per heavy atom. The lowest BCUT2D eigenvalue weighted by Crippen LogP contribution is -2.40. The molecule has 0 spiro atoms. The highest BCUT2D eigenvalue weighted by molar-refractivity contribution is 4.83. The van der Waals surface area contributed by atoms with Crippen LogP contribution in [0.1, 0.15) is 51.4 Å². The minimum atomic E-state index is -0.419. The first-order valence-electron chi connectivity index (χ1n) is 7.20. The van der Waals surface area contributed by atoms with Gasteiger partial charge < -0.3 is 15.3 Å². The quantitative estimate of drug-likeness (QED) is 0.529. The van der Waals surface area contributed by atoms with Gasteiger partial charge in [-0.25, -0.2) is 0 Å². The Kier molecular flexibility index (Phi) is 7.09. The molecule has 1 saturated carbocycles. The third-order valence-electron chi connectivity index (χ3n) is 3.70. The lowest BCUT2D eigenvalue weighted by atomic mass is 9.94. The average Bonchev–Trinajstić information content (AvgIpc) is 2.48. The van der Waals surface area contributed by atoms with Gasteiger partial charge in [-0.05, 0) is 52.9 Å². The van der Waals surface area contributed by atoms with Crippen molar-refractivity contribution < 1.29 is 5.11 Å². The number of aliphatic hydroxyl groups is 1. The molecular formula is C14H30N2O. The second kappa shape index (κ2) is 8.06. The fourth-order valence-corrected chi connectivity index (χ4v) is 2.56.